The lowest BCUT2D eigenvalue weighted by Gasteiger charge is -2.09. The Morgan fingerprint density at radius 2 is 2.06 bits per heavy atom. The van der Waals surface area contributed by atoms with Crippen LogP contribution in [0.1, 0.15) is 6.92 Å². The van der Waals surface area contributed by atoms with E-state index in [1.165, 1.54) is 13.0 Å². The molecule has 0 fully saturated rings. The molecule has 90 valence electrons. The monoisotopic (exact) mass is 371 g/mol. The van der Waals surface area contributed by atoms with Crippen molar-refractivity contribution >= 4 is 41.9 Å². The zero-order valence-corrected chi connectivity index (χ0v) is 12.4. The molecule has 16 heavy (non-hydrogen) atoms. The molecule has 0 spiro atoms. The van der Waals surface area contributed by atoms with Crippen LogP contribution in [0.15, 0.2) is 32.0 Å². The van der Waals surface area contributed by atoms with Gasteiger partial charge in [0.15, 0.2) is 0 Å². The fraction of sp³-hybridized carbons (Fsp3) is 0.333. The molecule has 4 nitrogen and oxygen atoms in total. The normalized spacial score (nSPS) is 13.8. The number of aliphatic hydroxyl groups excluding tert-OH is 1. The van der Waals surface area contributed by atoms with E-state index in [0.717, 1.165) is 4.47 Å². The molecule has 0 bridgehead atoms. The van der Waals surface area contributed by atoms with Gasteiger partial charge in [0.25, 0.3) is 0 Å². The maximum Gasteiger partial charge on any atom is 0.241 e. The predicted molar refractivity (Wildman–Crippen MR) is 68.7 cm³/mol. The third-order valence-electron chi connectivity index (χ3n) is 1.75. The number of benzene rings is 1. The van der Waals surface area contributed by atoms with E-state index in [2.05, 4.69) is 36.6 Å². The van der Waals surface area contributed by atoms with Gasteiger partial charge >= 0.3 is 0 Å². The highest BCUT2D eigenvalue weighted by atomic mass is 79.9. The second-order valence-electron chi connectivity index (χ2n) is 3.28. The molecule has 1 atom stereocenters. The maximum atomic E-state index is 11.8. The van der Waals surface area contributed by atoms with Gasteiger partial charge in [-0.15, -0.1) is 0 Å². The van der Waals surface area contributed by atoms with Crippen molar-refractivity contribution in [3.63, 3.8) is 0 Å². The van der Waals surface area contributed by atoms with Crippen LogP contribution in [0.25, 0.3) is 0 Å². The third-order valence-corrected chi connectivity index (χ3v) is 4.65. The molecule has 0 unspecified atom stereocenters. The van der Waals surface area contributed by atoms with Crippen molar-refractivity contribution in [1.29, 1.82) is 0 Å². The minimum atomic E-state index is -3.58. The van der Waals surface area contributed by atoms with Gasteiger partial charge in [-0.25, -0.2) is 13.1 Å². The van der Waals surface area contributed by atoms with E-state index in [-0.39, 0.29) is 11.4 Å². The first-order chi connectivity index (χ1) is 7.33. The number of rotatable bonds is 4. The van der Waals surface area contributed by atoms with Crippen LogP contribution in [-0.2, 0) is 10.0 Å². The number of nitrogens with one attached hydrogen (secondary N) is 1. The minimum Gasteiger partial charge on any atom is -0.392 e. The van der Waals surface area contributed by atoms with Crippen LogP contribution in [0.2, 0.25) is 0 Å². The number of hydrogen-bond donors (Lipinski definition) is 2. The molecule has 1 aromatic rings. The first-order valence-corrected chi connectivity index (χ1v) is 7.52. The van der Waals surface area contributed by atoms with Crippen molar-refractivity contribution in [2.75, 3.05) is 6.54 Å². The van der Waals surface area contributed by atoms with Gasteiger partial charge in [0.1, 0.15) is 0 Å². The summed E-state index contributed by atoms with van der Waals surface area (Å²) in [4.78, 5) is 0.149. The number of sulfonamides is 1. The molecule has 0 aliphatic rings. The van der Waals surface area contributed by atoms with Crippen molar-refractivity contribution in [3.05, 3.63) is 27.1 Å². The van der Waals surface area contributed by atoms with E-state index in [4.69, 9.17) is 5.11 Å². The zero-order valence-electron chi connectivity index (χ0n) is 8.44. The van der Waals surface area contributed by atoms with Crippen LogP contribution < -0.4 is 4.72 Å². The average Bonchev–Trinajstić information content (AvgIpc) is 2.14. The molecule has 0 aliphatic heterocycles. The Kier molecular flexibility index (Phi) is 4.93. The highest BCUT2D eigenvalue weighted by Gasteiger charge is 2.17. The largest absolute Gasteiger partial charge is 0.392 e. The molecule has 1 aromatic carbocycles. The Hall–Kier alpha value is 0.0500. The van der Waals surface area contributed by atoms with E-state index in [1.807, 2.05) is 0 Å². The molecule has 0 aliphatic carbocycles. The number of halogens is 2. The fourth-order valence-corrected chi connectivity index (χ4v) is 3.87. The lowest BCUT2D eigenvalue weighted by atomic mass is 10.4. The molecular formula is C9H11Br2NO3S. The molecule has 0 saturated carbocycles. The van der Waals surface area contributed by atoms with Gasteiger partial charge in [0.05, 0.1) is 11.0 Å². The average molecular weight is 373 g/mol. The van der Waals surface area contributed by atoms with Crippen LogP contribution >= 0.6 is 31.9 Å². The van der Waals surface area contributed by atoms with Crippen LogP contribution in [0.5, 0.6) is 0 Å². The Balaban J connectivity index is 2.99. The molecule has 0 saturated heterocycles. The van der Waals surface area contributed by atoms with E-state index in [1.54, 1.807) is 12.1 Å². The maximum absolute atomic E-state index is 11.8. The summed E-state index contributed by atoms with van der Waals surface area (Å²) in [6, 6.07) is 4.77. The van der Waals surface area contributed by atoms with E-state index in [9.17, 15) is 8.42 Å². The van der Waals surface area contributed by atoms with Crippen LogP contribution in [0.4, 0.5) is 0 Å². The smallest absolute Gasteiger partial charge is 0.241 e. The third kappa shape index (κ3) is 3.81. The molecule has 7 heteroatoms. The first kappa shape index (κ1) is 14.1. The van der Waals surface area contributed by atoms with Crippen molar-refractivity contribution in [3.8, 4) is 0 Å². The summed E-state index contributed by atoms with van der Waals surface area (Å²) in [6.07, 6.45) is -0.719. The van der Waals surface area contributed by atoms with Crippen molar-refractivity contribution in [2.45, 2.75) is 17.9 Å². The Bertz CT molecular complexity index is 474. The van der Waals surface area contributed by atoms with Gasteiger partial charge in [-0.05, 0) is 41.1 Å². The van der Waals surface area contributed by atoms with Crippen LogP contribution in [-0.4, -0.2) is 26.2 Å². The minimum absolute atomic E-state index is 0.00909. The zero-order chi connectivity index (χ0) is 12.3. The Labute approximate surface area is 111 Å². The number of aliphatic hydroxyl groups is 1. The first-order valence-electron chi connectivity index (χ1n) is 4.45. The Morgan fingerprint density at radius 1 is 1.44 bits per heavy atom. The highest BCUT2D eigenvalue weighted by Crippen LogP contribution is 2.25. The summed E-state index contributed by atoms with van der Waals surface area (Å²) in [6.45, 7) is 1.50. The van der Waals surface area contributed by atoms with E-state index in [0.29, 0.717) is 4.47 Å². The quantitative estimate of drug-likeness (QED) is 0.847. The summed E-state index contributed by atoms with van der Waals surface area (Å²) >= 11 is 6.42. The highest BCUT2D eigenvalue weighted by molar-refractivity contribution is 9.11. The predicted octanol–water partition coefficient (Wildman–Crippen LogP) is 1.87. The lowest BCUT2D eigenvalue weighted by Crippen LogP contribution is -2.30. The molecular weight excluding hydrogens is 362 g/mol. The Morgan fingerprint density at radius 3 is 2.56 bits per heavy atom. The van der Waals surface area contributed by atoms with Gasteiger partial charge in [-0.1, -0.05) is 15.9 Å². The van der Waals surface area contributed by atoms with Crippen molar-refractivity contribution in [1.82, 2.24) is 4.72 Å². The standard InChI is InChI=1S/C9H11Br2NO3S/c1-6(13)5-12-16(14,15)9-3-2-7(10)4-8(9)11/h2-4,6,12-13H,5H2,1H3/t6-/m1/s1. The summed E-state index contributed by atoms with van der Waals surface area (Å²) in [7, 11) is -3.58. The van der Waals surface area contributed by atoms with Gasteiger partial charge in [0, 0.05) is 15.5 Å². The SMILES string of the molecule is C[C@@H](O)CNS(=O)(=O)c1ccc(Br)cc1Br. The van der Waals surface area contributed by atoms with Gasteiger partial charge < -0.3 is 5.11 Å². The second-order valence-corrected chi connectivity index (χ2v) is 6.78. The molecule has 0 heterocycles. The number of hydrogen-bond acceptors (Lipinski definition) is 3. The van der Waals surface area contributed by atoms with Crippen LogP contribution in [0.3, 0.4) is 0 Å². The summed E-state index contributed by atoms with van der Waals surface area (Å²) < 4.78 is 27.2. The van der Waals surface area contributed by atoms with Gasteiger partial charge in [-0.2, -0.15) is 0 Å². The van der Waals surface area contributed by atoms with Gasteiger partial charge in [-0.3, -0.25) is 0 Å². The van der Waals surface area contributed by atoms with E-state index >= 15 is 0 Å². The van der Waals surface area contributed by atoms with Crippen molar-refractivity contribution < 1.29 is 13.5 Å². The molecule has 1 rings (SSSR count). The molecule has 0 radical (unpaired) electrons. The molecule has 0 aromatic heterocycles. The summed E-state index contributed by atoms with van der Waals surface area (Å²) in [5.74, 6) is 0. The second kappa shape index (κ2) is 5.59. The van der Waals surface area contributed by atoms with Crippen LogP contribution in [0, 0.1) is 0 Å². The summed E-state index contributed by atoms with van der Waals surface area (Å²) in [5, 5.41) is 9.03. The lowest BCUT2D eigenvalue weighted by molar-refractivity contribution is 0.198. The summed E-state index contributed by atoms with van der Waals surface area (Å²) in [5.41, 5.74) is 0. The fourth-order valence-electron chi connectivity index (χ4n) is 1.00. The molecule has 2 N–H and O–H groups in total. The molecule has 0 amide bonds. The van der Waals surface area contributed by atoms with Gasteiger partial charge in [0.2, 0.25) is 10.0 Å². The van der Waals surface area contributed by atoms with E-state index < -0.39 is 16.1 Å². The topological polar surface area (TPSA) is 66.4 Å². The van der Waals surface area contributed by atoms with Crippen molar-refractivity contribution in [2.24, 2.45) is 0 Å².